The number of aromatic nitrogens is 2. The normalized spacial score (nSPS) is 17.8. The van der Waals surface area contributed by atoms with Crippen LogP contribution < -0.4 is 9.64 Å². The fourth-order valence-corrected chi connectivity index (χ4v) is 4.46. The molecular weight excluding hydrogens is 422 g/mol. The smallest absolute Gasteiger partial charge is 0.321 e. The molecule has 0 unspecified atom stereocenters. The van der Waals surface area contributed by atoms with E-state index in [1.54, 1.807) is 24.0 Å². The van der Waals surface area contributed by atoms with Gasteiger partial charge in [-0.15, -0.1) is 0 Å². The zero-order chi connectivity index (χ0) is 23.5. The largest absolute Gasteiger partial charge is 0.504 e. The van der Waals surface area contributed by atoms with Gasteiger partial charge in [-0.05, 0) is 43.2 Å². The lowest BCUT2D eigenvalue weighted by Gasteiger charge is -2.38. The molecule has 0 aliphatic carbocycles. The number of unbranched alkanes of at least 4 members (excludes halogenated alkanes) is 2. The predicted molar refractivity (Wildman–Crippen MR) is 125 cm³/mol. The second-order valence-electron chi connectivity index (χ2n) is 8.07. The zero-order valence-corrected chi connectivity index (χ0v) is 19.2. The molecule has 2 atom stereocenters. The van der Waals surface area contributed by atoms with E-state index in [1.165, 1.54) is 13.2 Å². The topological polar surface area (TPSA) is 93.9 Å². The summed E-state index contributed by atoms with van der Waals surface area (Å²) in [5.41, 5.74) is 2.20. The fourth-order valence-electron chi connectivity index (χ4n) is 4.46. The summed E-state index contributed by atoms with van der Waals surface area (Å²) in [6.45, 7) is 4.46. The van der Waals surface area contributed by atoms with Crippen molar-refractivity contribution in [2.75, 3.05) is 25.2 Å². The lowest BCUT2D eigenvalue weighted by Crippen LogP contribution is -2.50. The monoisotopic (exact) mass is 451 g/mol. The number of esters is 1. The average Bonchev–Trinajstić information content (AvgIpc) is 3.19. The Bertz CT molecular complexity index is 1170. The number of carbonyl (C=O) groups is 2. The van der Waals surface area contributed by atoms with Crippen LogP contribution in [-0.4, -0.2) is 46.8 Å². The van der Waals surface area contributed by atoms with E-state index in [-0.39, 0.29) is 24.0 Å². The number of hydrogen-bond acceptors (Lipinski definition) is 6. The van der Waals surface area contributed by atoms with Crippen LogP contribution in [-0.2, 0) is 14.3 Å². The van der Waals surface area contributed by atoms with Crippen molar-refractivity contribution in [2.24, 2.45) is 5.92 Å². The van der Waals surface area contributed by atoms with Gasteiger partial charge in [-0.3, -0.25) is 14.5 Å². The lowest BCUT2D eigenvalue weighted by atomic mass is 9.89. The Balaban J connectivity index is 1.96. The van der Waals surface area contributed by atoms with E-state index < -0.39 is 17.9 Å². The summed E-state index contributed by atoms with van der Waals surface area (Å²) < 4.78 is 12.6. The molecule has 8 heteroatoms. The molecule has 8 nitrogen and oxygen atoms in total. The molecular formula is C25H29N3O5. The van der Waals surface area contributed by atoms with E-state index in [9.17, 15) is 14.7 Å². The standard InChI is InChI=1S/C25H29N3O5/c1-4-6-9-14-27-23(30)21(24(31)33-5-2)22(16-12-13-19(29)20(15-16)32-3)28-18-11-8-7-10-17(18)26-25(27)28/h7-8,10-13,15,21-22,29H,4-6,9,14H2,1-3H3/t21-,22+/m0/s1. The van der Waals surface area contributed by atoms with Crippen LogP contribution in [0.5, 0.6) is 11.5 Å². The summed E-state index contributed by atoms with van der Waals surface area (Å²) in [4.78, 5) is 33.3. The van der Waals surface area contributed by atoms with Gasteiger partial charge in [-0.1, -0.05) is 38.0 Å². The molecule has 33 heavy (non-hydrogen) atoms. The number of anilines is 1. The molecule has 1 aromatic heterocycles. The summed E-state index contributed by atoms with van der Waals surface area (Å²) in [5, 5.41) is 10.1. The zero-order valence-electron chi connectivity index (χ0n) is 19.2. The van der Waals surface area contributed by atoms with Crippen molar-refractivity contribution in [1.29, 1.82) is 0 Å². The molecule has 0 fully saturated rings. The number of fused-ring (bicyclic) bond motifs is 3. The van der Waals surface area contributed by atoms with Gasteiger partial charge in [0.15, 0.2) is 17.4 Å². The number of hydrogen-bond donors (Lipinski definition) is 1. The molecule has 2 heterocycles. The highest BCUT2D eigenvalue weighted by Crippen LogP contribution is 2.43. The van der Waals surface area contributed by atoms with Crippen molar-refractivity contribution in [3.8, 4) is 11.5 Å². The van der Waals surface area contributed by atoms with Gasteiger partial charge < -0.3 is 19.1 Å². The minimum absolute atomic E-state index is 0.0204. The van der Waals surface area contributed by atoms with Gasteiger partial charge in [-0.25, -0.2) is 4.98 Å². The van der Waals surface area contributed by atoms with Gasteiger partial charge in [0.2, 0.25) is 11.9 Å². The molecule has 0 radical (unpaired) electrons. The third kappa shape index (κ3) is 4.01. The quantitative estimate of drug-likeness (QED) is 0.315. The van der Waals surface area contributed by atoms with E-state index in [2.05, 4.69) is 6.92 Å². The molecule has 0 saturated heterocycles. The number of methoxy groups -OCH3 is 1. The minimum Gasteiger partial charge on any atom is -0.504 e. The molecule has 2 aromatic carbocycles. The van der Waals surface area contributed by atoms with Crippen LogP contribution in [0.25, 0.3) is 11.0 Å². The maximum Gasteiger partial charge on any atom is 0.321 e. The van der Waals surface area contributed by atoms with Gasteiger partial charge in [0, 0.05) is 6.54 Å². The van der Waals surface area contributed by atoms with Crippen LogP contribution >= 0.6 is 0 Å². The number of nitrogens with zero attached hydrogens (tertiary/aromatic N) is 3. The van der Waals surface area contributed by atoms with Crippen LogP contribution in [0, 0.1) is 5.92 Å². The first-order valence-corrected chi connectivity index (χ1v) is 11.3. The Kier molecular flexibility index (Phi) is 6.53. The van der Waals surface area contributed by atoms with Crippen molar-refractivity contribution in [1.82, 2.24) is 9.55 Å². The molecule has 0 spiro atoms. The molecule has 1 amide bonds. The molecule has 1 aliphatic rings. The highest BCUT2D eigenvalue weighted by Gasteiger charge is 2.47. The second-order valence-corrected chi connectivity index (χ2v) is 8.07. The van der Waals surface area contributed by atoms with Gasteiger partial charge in [0.05, 0.1) is 30.8 Å². The van der Waals surface area contributed by atoms with Crippen LogP contribution in [0.3, 0.4) is 0 Å². The van der Waals surface area contributed by atoms with Crippen LogP contribution in [0.15, 0.2) is 42.5 Å². The number of carbonyl (C=O) groups excluding carboxylic acids is 2. The number of phenols is 1. The molecule has 1 aliphatic heterocycles. The highest BCUT2D eigenvalue weighted by atomic mass is 16.5. The first-order chi connectivity index (χ1) is 16.0. The van der Waals surface area contributed by atoms with Crippen molar-refractivity contribution in [3.05, 3.63) is 48.0 Å². The number of rotatable bonds is 8. The molecule has 0 bridgehead atoms. The van der Waals surface area contributed by atoms with E-state index in [1.807, 2.05) is 28.8 Å². The Morgan fingerprint density at radius 2 is 1.94 bits per heavy atom. The Labute approximate surface area is 192 Å². The molecule has 0 saturated carbocycles. The summed E-state index contributed by atoms with van der Waals surface area (Å²) in [7, 11) is 1.46. The molecule has 3 aromatic rings. The number of ether oxygens (including phenoxy) is 2. The maximum atomic E-state index is 13.8. The van der Waals surface area contributed by atoms with Crippen LogP contribution in [0.4, 0.5) is 5.95 Å². The summed E-state index contributed by atoms with van der Waals surface area (Å²) >= 11 is 0. The number of imidazole rings is 1. The van der Waals surface area contributed by atoms with E-state index in [4.69, 9.17) is 14.5 Å². The molecule has 1 N–H and O–H groups in total. The number of phenolic OH excluding ortho intramolecular Hbond substituents is 1. The summed E-state index contributed by atoms with van der Waals surface area (Å²) in [6, 6.07) is 11.8. The maximum absolute atomic E-state index is 13.8. The van der Waals surface area contributed by atoms with E-state index >= 15 is 0 Å². The Morgan fingerprint density at radius 3 is 2.67 bits per heavy atom. The van der Waals surface area contributed by atoms with Crippen LogP contribution in [0.1, 0.15) is 44.7 Å². The van der Waals surface area contributed by atoms with Crippen LogP contribution in [0.2, 0.25) is 0 Å². The SMILES string of the molecule is CCCCCN1C(=O)[C@@H](C(=O)OCC)[C@@H](c2ccc(O)c(OC)c2)n2c1nc1ccccc12. The third-order valence-electron chi connectivity index (χ3n) is 6.02. The number of para-hydroxylation sites is 2. The van der Waals surface area contributed by atoms with E-state index in [0.29, 0.717) is 18.1 Å². The Hall–Kier alpha value is -3.55. The van der Waals surface area contributed by atoms with Crippen molar-refractivity contribution < 1.29 is 24.2 Å². The molecule has 174 valence electrons. The van der Waals surface area contributed by atoms with Gasteiger partial charge in [0.25, 0.3) is 0 Å². The molecule has 4 rings (SSSR count). The van der Waals surface area contributed by atoms with Crippen molar-refractivity contribution in [3.63, 3.8) is 0 Å². The summed E-state index contributed by atoms with van der Waals surface area (Å²) in [5.74, 6) is -1.25. The average molecular weight is 452 g/mol. The van der Waals surface area contributed by atoms with Crippen molar-refractivity contribution >= 4 is 28.9 Å². The first kappa shape index (κ1) is 22.6. The number of benzene rings is 2. The van der Waals surface area contributed by atoms with E-state index in [0.717, 1.165) is 30.3 Å². The number of amides is 1. The fraction of sp³-hybridized carbons (Fsp3) is 0.400. The van der Waals surface area contributed by atoms with Gasteiger partial charge >= 0.3 is 5.97 Å². The van der Waals surface area contributed by atoms with Gasteiger partial charge in [-0.2, -0.15) is 0 Å². The van der Waals surface area contributed by atoms with Crippen molar-refractivity contribution in [2.45, 2.75) is 39.2 Å². The Morgan fingerprint density at radius 1 is 1.15 bits per heavy atom. The lowest BCUT2D eigenvalue weighted by molar-refractivity contribution is -0.153. The summed E-state index contributed by atoms with van der Waals surface area (Å²) in [6.07, 6.45) is 2.78. The first-order valence-electron chi connectivity index (χ1n) is 11.3. The number of aromatic hydroxyl groups is 1. The minimum atomic E-state index is -1.09. The highest BCUT2D eigenvalue weighted by molar-refractivity contribution is 6.08. The van der Waals surface area contributed by atoms with Gasteiger partial charge in [0.1, 0.15) is 0 Å². The third-order valence-corrected chi connectivity index (χ3v) is 6.02. The second kappa shape index (κ2) is 9.52. The predicted octanol–water partition coefficient (Wildman–Crippen LogP) is 4.06.